The van der Waals surface area contributed by atoms with Gasteiger partial charge in [-0.3, -0.25) is 9.59 Å². The number of carboxylic acid groups (broad SMARTS) is 1. The highest BCUT2D eigenvalue weighted by molar-refractivity contribution is 6.32. The van der Waals surface area contributed by atoms with Crippen molar-refractivity contribution in [3.05, 3.63) is 29.0 Å². The standard InChI is InChI=1S/C14H17ClN2O3/c15-12-11(2-1-7-16-12)13(18)17-8-9-3-5-10(6-4-9)14(19)20/h1-2,7,9-10H,3-6,8H2,(H,17,18)(H,19,20). The maximum absolute atomic E-state index is 12.0. The van der Waals surface area contributed by atoms with E-state index < -0.39 is 5.97 Å². The van der Waals surface area contributed by atoms with E-state index in [1.807, 2.05) is 0 Å². The van der Waals surface area contributed by atoms with Crippen LogP contribution in [0.2, 0.25) is 5.15 Å². The number of amides is 1. The van der Waals surface area contributed by atoms with Crippen LogP contribution >= 0.6 is 11.6 Å². The average Bonchev–Trinajstić information content (AvgIpc) is 2.45. The molecule has 20 heavy (non-hydrogen) atoms. The number of carbonyl (C=O) groups is 2. The average molecular weight is 297 g/mol. The number of pyridine rings is 1. The molecular formula is C14H17ClN2O3. The highest BCUT2D eigenvalue weighted by Gasteiger charge is 2.26. The molecule has 108 valence electrons. The third kappa shape index (κ3) is 3.70. The number of nitrogens with one attached hydrogen (secondary N) is 1. The molecule has 1 aliphatic rings. The van der Waals surface area contributed by atoms with E-state index >= 15 is 0 Å². The fourth-order valence-corrected chi connectivity index (χ4v) is 2.71. The molecule has 2 N–H and O–H groups in total. The van der Waals surface area contributed by atoms with Crippen LogP contribution in [0.25, 0.3) is 0 Å². The van der Waals surface area contributed by atoms with Gasteiger partial charge in [0.25, 0.3) is 5.91 Å². The van der Waals surface area contributed by atoms with Crippen LogP contribution in [0.1, 0.15) is 36.0 Å². The number of aromatic nitrogens is 1. The van der Waals surface area contributed by atoms with Crippen molar-refractivity contribution in [1.29, 1.82) is 0 Å². The Kier molecular flexibility index (Phi) is 4.95. The van der Waals surface area contributed by atoms with Gasteiger partial charge in [-0.25, -0.2) is 4.98 Å². The van der Waals surface area contributed by atoms with Crippen molar-refractivity contribution in [2.24, 2.45) is 11.8 Å². The summed E-state index contributed by atoms with van der Waals surface area (Å²) in [6.45, 7) is 0.552. The molecule has 1 aromatic heterocycles. The molecule has 1 saturated carbocycles. The van der Waals surface area contributed by atoms with Gasteiger partial charge >= 0.3 is 5.97 Å². The SMILES string of the molecule is O=C(NCC1CCC(C(=O)O)CC1)c1cccnc1Cl. The summed E-state index contributed by atoms with van der Waals surface area (Å²) in [7, 11) is 0. The van der Waals surface area contributed by atoms with Gasteiger partial charge in [0.1, 0.15) is 5.15 Å². The van der Waals surface area contributed by atoms with E-state index in [1.165, 1.54) is 6.20 Å². The van der Waals surface area contributed by atoms with E-state index in [2.05, 4.69) is 10.3 Å². The van der Waals surface area contributed by atoms with Crippen LogP contribution in [0.4, 0.5) is 0 Å². The molecule has 0 unspecified atom stereocenters. The molecule has 5 nitrogen and oxygen atoms in total. The maximum Gasteiger partial charge on any atom is 0.306 e. The molecule has 6 heteroatoms. The first kappa shape index (κ1) is 14.8. The summed E-state index contributed by atoms with van der Waals surface area (Å²) in [4.78, 5) is 26.7. The Morgan fingerprint density at radius 2 is 2.05 bits per heavy atom. The smallest absolute Gasteiger partial charge is 0.306 e. The minimum Gasteiger partial charge on any atom is -0.481 e. The second-order valence-corrected chi connectivity index (χ2v) is 5.47. The fourth-order valence-electron chi connectivity index (χ4n) is 2.50. The van der Waals surface area contributed by atoms with Crippen LogP contribution in [-0.2, 0) is 4.79 Å². The molecule has 2 rings (SSSR count). The van der Waals surface area contributed by atoms with Crippen LogP contribution in [0.3, 0.4) is 0 Å². The minimum atomic E-state index is -0.713. The van der Waals surface area contributed by atoms with Gasteiger partial charge in [0, 0.05) is 12.7 Å². The van der Waals surface area contributed by atoms with Crippen LogP contribution in [0.15, 0.2) is 18.3 Å². The Morgan fingerprint density at radius 3 is 2.65 bits per heavy atom. The van der Waals surface area contributed by atoms with Crippen LogP contribution in [-0.4, -0.2) is 28.5 Å². The zero-order chi connectivity index (χ0) is 14.5. The molecule has 0 saturated heterocycles. The van der Waals surface area contributed by atoms with E-state index in [4.69, 9.17) is 16.7 Å². The summed E-state index contributed by atoms with van der Waals surface area (Å²) in [6, 6.07) is 3.30. The number of rotatable bonds is 4. The van der Waals surface area contributed by atoms with E-state index in [0.29, 0.717) is 30.9 Å². The Morgan fingerprint density at radius 1 is 1.35 bits per heavy atom. The van der Waals surface area contributed by atoms with Crippen LogP contribution in [0.5, 0.6) is 0 Å². The lowest BCUT2D eigenvalue weighted by molar-refractivity contribution is -0.143. The summed E-state index contributed by atoms with van der Waals surface area (Å²) in [6.07, 6.45) is 4.56. The molecule has 0 aromatic carbocycles. The molecule has 1 amide bonds. The molecule has 0 radical (unpaired) electrons. The highest BCUT2D eigenvalue weighted by atomic mass is 35.5. The second kappa shape index (κ2) is 6.70. The third-order valence-corrected chi connectivity index (χ3v) is 4.05. The molecule has 1 fully saturated rings. The van der Waals surface area contributed by atoms with Crippen molar-refractivity contribution in [2.75, 3.05) is 6.54 Å². The lowest BCUT2D eigenvalue weighted by Gasteiger charge is -2.26. The lowest BCUT2D eigenvalue weighted by Crippen LogP contribution is -2.32. The summed E-state index contributed by atoms with van der Waals surface area (Å²) in [5, 5.41) is 12.0. The van der Waals surface area contributed by atoms with E-state index in [1.54, 1.807) is 12.1 Å². The molecule has 0 atom stereocenters. The summed E-state index contributed by atoms with van der Waals surface area (Å²) in [5.74, 6) is -0.835. The van der Waals surface area contributed by atoms with Crippen LogP contribution < -0.4 is 5.32 Å². The predicted molar refractivity (Wildman–Crippen MR) is 74.7 cm³/mol. The van der Waals surface area contributed by atoms with Gasteiger partial charge in [-0.05, 0) is 43.7 Å². The summed E-state index contributed by atoms with van der Waals surface area (Å²) >= 11 is 5.86. The van der Waals surface area contributed by atoms with Crippen LogP contribution in [0, 0.1) is 11.8 Å². The van der Waals surface area contributed by atoms with Crippen molar-refractivity contribution < 1.29 is 14.7 Å². The van der Waals surface area contributed by atoms with E-state index in [9.17, 15) is 9.59 Å². The highest BCUT2D eigenvalue weighted by Crippen LogP contribution is 2.28. The number of carboxylic acids is 1. The summed E-state index contributed by atoms with van der Waals surface area (Å²) in [5.41, 5.74) is 0.369. The zero-order valence-corrected chi connectivity index (χ0v) is 11.8. The third-order valence-electron chi connectivity index (χ3n) is 3.75. The largest absolute Gasteiger partial charge is 0.481 e. The van der Waals surface area contributed by atoms with Gasteiger partial charge in [0.2, 0.25) is 0 Å². The molecule has 0 spiro atoms. The molecule has 1 heterocycles. The summed E-state index contributed by atoms with van der Waals surface area (Å²) < 4.78 is 0. The molecular weight excluding hydrogens is 280 g/mol. The van der Waals surface area contributed by atoms with E-state index in [0.717, 1.165) is 12.8 Å². The van der Waals surface area contributed by atoms with Crippen molar-refractivity contribution in [2.45, 2.75) is 25.7 Å². The monoisotopic (exact) mass is 296 g/mol. The number of halogens is 1. The predicted octanol–water partition coefficient (Wildman–Crippen LogP) is 2.36. The Labute approximate surface area is 122 Å². The van der Waals surface area contributed by atoms with Gasteiger partial charge in [0.05, 0.1) is 11.5 Å². The number of hydrogen-bond donors (Lipinski definition) is 2. The molecule has 0 aliphatic heterocycles. The molecule has 1 aliphatic carbocycles. The number of carbonyl (C=O) groups excluding carboxylic acids is 1. The number of aliphatic carboxylic acids is 1. The maximum atomic E-state index is 12.0. The zero-order valence-electron chi connectivity index (χ0n) is 11.0. The van der Waals surface area contributed by atoms with Gasteiger partial charge in [0.15, 0.2) is 0 Å². The first-order valence-corrected chi connectivity index (χ1v) is 7.07. The lowest BCUT2D eigenvalue weighted by atomic mass is 9.82. The van der Waals surface area contributed by atoms with Crippen molar-refractivity contribution in [1.82, 2.24) is 10.3 Å². The fraction of sp³-hybridized carbons (Fsp3) is 0.500. The topological polar surface area (TPSA) is 79.3 Å². The molecule has 0 bridgehead atoms. The first-order chi connectivity index (χ1) is 9.58. The van der Waals surface area contributed by atoms with Gasteiger partial charge < -0.3 is 10.4 Å². The second-order valence-electron chi connectivity index (χ2n) is 5.11. The van der Waals surface area contributed by atoms with Gasteiger partial charge in [-0.1, -0.05) is 11.6 Å². The van der Waals surface area contributed by atoms with Gasteiger partial charge in [-0.2, -0.15) is 0 Å². The quantitative estimate of drug-likeness (QED) is 0.836. The number of nitrogens with zero attached hydrogens (tertiary/aromatic N) is 1. The van der Waals surface area contributed by atoms with E-state index in [-0.39, 0.29) is 17.0 Å². The first-order valence-electron chi connectivity index (χ1n) is 6.69. The minimum absolute atomic E-state index is 0.194. The van der Waals surface area contributed by atoms with Crippen molar-refractivity contribution in [3.63, 3.8) is 0 Å². The normalized spacial score (nSPS) is 22.2. The van der Waals surface area contributed by atoms with Crippen molar-refractivity contribution >= 4 is 23.5 Å². The Balaban J connectivity index is 1.80. The van der Waals surface area contributed by atoms with Crippen molar-refractivity contribution in [3.8, 4) is 0 Å². The Bertz CT molecular complexity index is 499. The Hall–Kier alpha value is -1.62. The van der Waals surface area contributed by atoms with Gasteiger partial charge in [-0.15, -0.1) is 0 Å². The molecule has 1 aromatic rings. The number of hydrogen-bond acceptors (Lipinski definition) is 3.